The van der Waals surface area contributed by atoms with Crippen molar-refractivity contribution in [2.45, 2.75) is 0 Å². The van der Waals surface area contributed by atoms with Crippen LogP contribution in [0, 0.1) is 6.07 Å². The van der Waals surface area contributed by atoms with Gasteiger partial charge in [0.25, 0.3) is 0 Å². The Morgan fingerprint density at radius 3 is 2.90 bits per heavy atom. The Kier molecular flexibility index (Phi) is 2.57. The van der Waals surface area contributed by atoms with Gasteiger partial charge in [-0.1, -0.05) is 11.6 Å². The molecule has 1 aromatic rings. The number of benzene rings is 1. The van der Waals surface area contributed by atoms with E-state index in [2.05, 4.69) is 22.0 Å². The van der Waals surface area contributed by atoms with Gasteiger partial charge < -0.3 is 4.74 Å². The zero-order valence-electron chi connectivity index (χ0n) is 5.32. The Morgan fingerprint density at radius 1 is 1.70 bits per heavy atom. The lowest BCUT2D eigenvalue weighted by atomic mass is 10.3. The maximum Gasteiger partial charge on any atom is 0.134 e. The van der Waals surface area contributed by atoms with Crippen molar-refractivity contribution in [1.82, 2.24) is 0 Å². The average molecular weight is 220 g/mol. The molecule has 0 atom stereocenters. The molecule has 1 radical (unpaired) electrons. The molecule has 0 amide bonds. The first-order chi connectivity index (χ1) is 4.74. The summed E-state index contributed by atoms with van der Waals surface area (Å²) in [5, 5.41) is 0.556. The third kappa shape index (κ3) is 1.64. The Hall–Kier alpha value is -0.210. The highest BCUT2D eigenvalue weighted by Gasteiger charge is 1.98. The number of halogens is 2. The van der Waals surface area contributed by atoms with Gasteiger partial charge in [0, 0.05) is 12.1 Å². The summed E-state index contributed by atoms with van der Waals surface area (Å²) in [5.41, 5.74) is 0. The molecule has 53 valence electrons. The molecule has 1 rings (SSSR count). The first-order valence-electron chi connectivity index (χ1n) is 2.65. The van der Waals surface area contributed by atoms with Crippen molar-refractivity contribution in [2.75, 3.05) is 7.11 Å². The van der Waals surface area contributed by atoms with Gasteiger partial charge in [-0.3, -0.25) is 0 Å². The van der Waals surface area contributed by atoms with Gasteiger partial charge in [-0.15, -0.1) is 0 Å². The average Bonchev–Trinajstić information content (AvgIpc) is 1.94. The molecular formula is C7H5BrClO. The maximum absolute atomic E-state index is 5.64. The number of hydrogen-bond acceptors (Lipinski definition) is 1. The van der Waals surface area contributed by atoms with Crippen LogP contribution in [0.15, 0.2) is 16.6 Å². The molecule has 0 aliphatic carbocycles. The molecule has 1 aromatic carbocycles. The van der Waals surface area contributed by atoms with Crippen LogP contribution in [0.5, 0.6) is 5.75 Å². The zero-order chi connectivity index (χ0) is 7.56. The minimum atomic E-state index is 0.556. The number of hydrogen-bond donors (Lipinski definition) is 0. The molecule has 0 fully saturated rings. The van der Waals surface area contributed by atoms with Crippen LogP contribution in [0.1, 0.15) is 0 Å². The summed E-state index contributed by atoms with van der Waals surface area (Å²) < 4.78 is 5.84. The molecule has 0 heterocycles. The van der Waals surface area contributed by atoms with Gasteiger partial charge >= 0.3 is 0 Å². The Morgan fingerprint density at radius 2 is 2.40 bits per heavy atom. The molecule has 0 aliphatic heterocycles. The van der Waals surface area contributed by atoms with Gasteiger partial charge in [-0.05, 0) is 22.0 Å². The van der Waals surface area contributed by atoms with Crippen LogP contribution in [0.2, 0.25) is 5.02 Å². The second-order valence-electron chi connectivity index (χ2n) is 1.70. The predicted molar refractivity (Wildman–Crippen MR) is 44.5 cm³/mol. The highest BCUT2D eigenvalue weighted by atomic mass is 79.9. The molecule has 3 heteroatoms. The van der Waals surface area contributed by atoms with Crippen molar-refractivity contribution in [3.05, 3.63) is 27.7 Å². The Bertz CT molecular complexity index is 237. The summed E-state index contributed by atoms with van der Waals surface area (Å²) in [5.74, 6) is 0.726. The van der Waals surface area contributed by atoms with Crippen molar-refractivity contribution < 1.29 is 4.74 Å². The highest BCUT2D eigenvalue weighted by molar-refractivity contribution is 9.10. The first-order valence-corrected chi connectivity index (χ1v) is 3.82. The second kappa shape index (κ2) is 3.26. The van der Waals surface area contributed by atoms with Gasteiger partial charge in [-0.25, -0.2) is 0 Å². The summed E-state index contributed by atoms with van der Waals surface area (Å²) >= 11 is 8.91. The topological polar surface area (TPSA) is 9.23 Å². The van der Waals surface area contributed by atoms with Gasteiger partial charge in [0.2, 0.25) is 0 Å². The molecule has 1 nitrogen and oxygen atoms in total. The molecule has 0 spiro atoms. The highest BCUT2D eigenvalue weighted by Crippen LogP contribution is 2.26. The van der Waals surface area contributed by atoms with Crippen LogP contribution >= 0.6 is 27.5 Å². The summed E-state index contributed by atoms with van der Waals surface area (Å²) in [7, 11) is 1.59. The largest absolute Gasteiger partial charge is 0.496 e. The van der Waals surface area contributed by atoms with Gasteiger partial charge in [0.15, 0.2) is 0 Å². The van der Waals surface area contributed by atoms with E-state index in [1.807, 2.05) is 0 Å². The standard InChI is InChI=1S/C7H5BrClO/c1-10-7-4-5(9)2-3-6(7)8/h3-4H,1H3. The maximum atomic E-state index is 5.64. The van der Waals surface area contributed by atoms with E-state index in [-0.39, 0.29) is 0 Å². The molecule has 0 unspecified atom stereocenters. The lowest BCUT2D eigenvalue weighted by Crippen LogP contribution is -1.82. The van der Waals surface area contributed by atoms with Crippen LogP contribution in [0.3, 0.4) is 0 Å². The van der Waals surface area contributed by atoms with Crippen LogP contribution in [0.25, 0.3) is 0 Å². The fourth-order valence-electron chi connectivity index (χ4n) is 0.586. The van der Waals surface area contributed by atoms with Crippen LogP contribution < -0.4 is 4.74 Å². The normalized spacial score (nSPS) is 9.50. The van der Waals surface area contributed by atoms with Crippen molar-refractivity contribution in [3.63, 3.8) is 0 Å². The van der Waals surface area contributed by atoms with Crippen LogP contribution in [-0.4, -0.2) is 7.11 Å². The van der Waals surface area contributed by atoms with E-state index < -0.39 is 0 Å². The number of ether oxygens (including phenoxy) is 1. The van der Waals surface area contributed by atoms with E-state index in [1.54, 1.807) is 19.2 Å². The van der Waals surface area contributed by atoms with Crippen molar-refractivity contribution in [3.8, 4) is 5.75 Å². The van der Waals surface area contributed by atoms with E-state index in [1.165, 1.54) is 0 Å². The molecule has 0 saturated heterocycles. The van der Waals surface area contributed by atoms with E-state index in [0.29, 0.717) is 5.02 Å². The van der Waals surface area contributed by atoms with E-state index in [9.17, 15) is 0 Å². The van der Waals surface area contributed by atoms with Crippen LogP contribution in [-0.2, 0) is 0 Å². The third-order valence-electron chi connectivity index (χ3n) is 1.05. The summed E-state index contributed by atoms with van der Waals surface area (Å²) in [6.45, 7) is 0. The molecule has 10 heavy (non-hydrogen) atoms. The summed E-state index contributed by atoms with van der Waals surface area (Å²) in [4.78, 5) is 0. The lowest BCUT2D eigenvalue weighted by Gasteiger charge is -2.01. The summed E-state index contributed by atoms with van der Waals surface area (Å²) in [6.07, 6.45) is 0. The molecule has 0 N–H and O–H groups in total. The van der Waals surface area contributed by atoms with Gasteiger partial charge in [-0.2, -0.15) is 0 Å². The fraction of sp³-hybridized carbons (Fsp3) is 0.143. The van der Waals surface area contributed by atoms with E-state index in [4.69, 9.17) is 16.3 Å². The van der Waals surface area contributed by atoms with Crippen LogP contribution in [0.4, 0.5) is 0 Å². The van der Waals surface area contributed by atoms with Gasteiger partial charge in [0.1, 0.15) is 5.75 Å². The van der Waals surface area contributed by atoms with Crippen molar-refractivity contribution >= 4 is 27.5 Å². The van der Waals surface area contributed by atoms with E-state index in [0.717, 1.165) is 10.2 Å². The Balaban J connectivity index is 3.09. The third-order valence-corrected chi connectivity index (χ3v) is 1.89. The number of rotatable bonds is 1. The quantitative estimate of drug-likeness (QED) is 0.707. The number of methoxy groups -OCH3 is 1. The van der Waals surface area contributed by atoms with Crippen molar-refractivity contribution in [2.24, 2.45) is 0 Å². The molecule has 0 aromatic heterocycles. The van der Waals surface area contributed by atoms with Gasteiger partial charge in [0.05, 0.1) is 16.6 Å². The second-order valence-corrected chi connectivity index (χ2v) is 2.96. The smallest absolute Gasteiger partial charge is 0.134 e. The first kappa shape index (κ1) is 7.89. The minimum absolute atomic E-state index is 0.556. The fourth-order valence-corrected chi connectivity index (χ4v) is 1.13. The monoisotopic (exact) mass is 219 g/mol. The molecular weight excluding hydrogens is 215 g/mol. The van der Waals surface area contributed by atoms with E-state index >= 15 is 0 Å². The predicted octanol–water partition coefficient (Wildman–Crippen LogP) is 2.91. The molecule has 0 saturated carbocycles. The SMILES string of the molecule is COc1cc(Cl)[c]cc1Br. The Labute approximate surface area is 73.1 Å². The minimum Gasteiger partial charge on any atom is -0.496 e. The molecule has 0 aliphatic rings. The lowest BCUT2D eigenvalue weighted by molar-refractivity contribution is 0.412. The van der Waals surface area contributed by atoms with Crippen molar-refractivity contribution in [1.29, 1.82) is 0 Å². The summed E-state index contributed by atoms with van der Waals surface area (Å²) in [6, 6.07) is 6.24. The molecule has 0 bridgehead atoms. The zero-order valence-corrected chi connectivity index (χ0v) is 7.66.